The molecule has 0 amide bonds. The SMILES string of the molecule is CC(C)(O)C#Cc1cccc(N(CC(F)F)c2nc(=O)[nH]c3cccc(F)c23)c1F. The zero-order valence-electron chi connectivity index (χ0n) is 16.0. The fourth-order valence-corrected chi connectivity index (χ4v) is 2.83. The molecule has 30 heavy (non-hydrogen) atoms. The number of H-pyrrole nitrogens is 1. The first-order chi connectivity index (χ1) is 14.1. The number of aliphatic hydroxyl groups is 1. The number of aromatic amines is 1. The van der Waals surface area contributed by atoms with E-state index in [1.165, 1.54) is 44.2 Å². The van der Waals surface area contributed by atoms with Crippen molar-refractivity contribution in [1.29, 1.82) is 0 Å². The van der Waals surface area contributed by atoms with Crippen LogP contribution >= 0.6 is 0 Å². The minimum atomic E-state index is -2.95. The van der Waals surface area contributed by atoms with Gasteiger partial charge in [0.2, 0.25) is 0 Å². The summed E-state index contributed by atoms with van der Waals surface area (Å²) in [7, 11) is 0. The Morgan fingerprint density at radius 2 is 1.90 bits per heavy atom. The van der Waals surface area contributed by atoms with Crippen LogP contribution in [-0.2, 0) is 0 Å². The van der Waals surface area contributed by atoms with E-state index in [4.69, 9.17) is 0 Å². The number of nitrogens with zero attached hydrogens (tertiary/aromatic N) is 2. The van der Waals surface area contributed by atoms with Crippen molar-refractivity contribution < 1.29 is 22.7 Å². The van der Waals surface area contributed by atoms with Gasteiger partial charge in [-0.15, -0.1) is 0 Å². The van der Waals surface area contributed by atoms with E-state index in [1.807, 2.05) is 0 Å². The minimum absolute atomic E-state index is 0.0302. The Bertz CT molecular complexity index is 1210. The standard InChI is InChI=1S/C21H17F4N3O2/c1-21(2,30)10-9-12-5-3-8-15(18(12)25)28(11-16(23)24)19-17-13(22)6-4-7-14(17)26-20(29)27-19/h3-8,16,30H,11H2,1-2H3,(H,26,27,29). The first-order valence-electron chi connectivity index (χ1n) is 8.85. The lowest BCUT2D eigenvalue weighted by Gasteiger charge is -2.25. The highest BCUT2D eigenvalue weighted by atomic mass is 19.3. The van der Waals surface area contributed by atoms with E-state index in [0.717, 1.165) is 11.0 Å². The lowest BCUT2D eigenvalue weighted by molar-refractivity contribution is 0.143. The maximum Gasteiger partial charge on any atom is 0.347 e. The Kier molecular flexibility index (Phi) is 5.80. The normalized spacial score (nSPS) is 11.5. The van der Waals surface area contributed by atoms with Gasteiger partial charge in [0.25, 0.3) is 6.43 Å². The smallest absolute Gasteiger partial charge is 0.347 e. The summed E-state index contributed by atoms with van der Waals surface area (Å²) in [4.78, 5) is 18.7. The second kappa shape index (κ2) is 8.16. The summed E-state index contributed by atoms with van der Waals surface area (Å²) in [5.74, 6) is 2.67. The van der Waals surface area contributed by atoms with Crippen LogP contribution in [0.2, 0.25) is 0 Å². The molecule has 0 aliphatic rings. The fourth-order valence-electron chi connectivity index (χ4n) is 2.83. The van der Waals surface area contributed by atoms with Crippen LogP contribution in [0.3, 0.4) is 0 Å². The van der Waals surface area contributed by atoms with E-state index in [-0.39, 0.29) is 22.2 Å². The van der Waals surface area contributed by atoms with Crippen LogP contribution in [0.1, 0.15) is 19.4 Å². The van der Waals surface area contributed by atoms with Gasteiger partial charge in [-0.1, -0.05) is 24.0 Å². The Morgan fingerprint density at radius 1 is 1.20 bits per heavy atom. The molecule has 0 aliphatic heterocycles. The molecule has 3 rings (SSSR count). The summed E-state index contributed by atoms with van der Waals surface area (Å²) >= 11 is 0. The number of rotatable bonds is 4. The van der Waals surface area contributed by atoms with Crippen molar-refractivity contribution in [2.75, 3.05) is 11.4 Å². The van der Waals surface area contributed by atoms with Crippen LogP contribution in [-0.4, -0.2) is 33.6 Å². The topological polar surface area (TPSA) is 69.2 Å². The highest BCUT2D eigenvalue weighted by Gasteiger charge is 2.24. The van der Waals surface area contributed by atoms with E-state index in [1.54, 1.807) is 0 Å². The molecular weight excluding hydrogens is 402 g/mol. The number of hydrogen-bond acceptors (Lipinski definition) is 4. The molecule has 0 fully saturated rings. The number of fused-ring (bicyclic) bond motifs is 1. The van der Waals surface area contributed by atoms with E-state index < -0.39 is 41.7 Å². The third-order valence-electron chi connectivity index (χ3n) is 4.03. The molecule has 1 aromatic heterocycles. The second-order valence-electron chi connectivity index (χ2n) is 6.98. The highest BCUT2D eigenvalue weighted by Crippen LogP contribution is 2.33. The Labute approximate surface area is 169 Å². The Morgan fingerprint density at radius 3 is 2.57 bits per heavy atom. The molecule has 9 heteroatoms. The monoisotopic (exact) mass is 419 g/mol. The zero-order chi connectivity index (χ0) is 22.1. The predicted molar refractivity (Wildman–Crippen MR) is 105 cm³/mol. The van der Waals surface area contributed by atoms with E-state index in [2.05, 4.69) is 21.8 Å². The van der Waals surface area contributed by atoms with Crippen molar-refractivity contribution in [3.8, 4) is 11.8 Å². The van der Waals surface area contributed by atoms with Gasteiger partial charge in [-0.05, 0) is 38.1 Å². The van der Waals surface area contributed by atoms with Crippen LogP contribution in [0.5, 0.6) is 0 Å². The molecule has 3 aromatic rings. The average Bonchev–Trinajstić information content (AvgIpc) is 2.64. The number of anilines is 2. The molecule has 0 atom stereocenters. The maximum absolute atomic E-state index is 15.2. The number of halogens is 4. The summed E-state index contributed by atoms with van der Waals surface area (Å²) in [6.07, 6.45) is -2.95. The second-order valence-corrected chi connectivity index (χ2v) is 6.98. The van der Waals surface area contributed by atoms with Gasteiger partial charge in [-0.2, -0.15) is 4.98 Å². The lowest BCUT2D eigenvalue weighted by atomic mass is 10.1. The summed E-state index contributed by atoms with van der Waals surface area (Å²) in [6.45, 7) is 1.76. The molecular formula is C21H17F4N3O2. The first kappa shape index (κ1) is 21.3. The summed E-state index contributed by atoms with van der Waals surface area (Å²) in [5, 5.41) is 9.50. The van der Waals surface area contributed by atoms with Gasteiger partial charge in [0.05, 0.1) is 28.7 Å². The molecule has 156 valence electrons. The van der Waals surface area contributed by atoms with Crippen molar-refractivity contribution in [3.63, 3.8) is 0 Å². The quantitative estimate of drug-likeness (QED) is 0.500. The van der Waals surface area contributed by atoms with Crippen LogP contribution in [0.15, 0.2) is 41.2 Å². The highest BCUT2D eigenvalue weighted by molar-refractivity contribution is 5.92. The molecule has 0 aliphatic carbocycles. The van der Waals surface area contributed by atoms with Crippen molar-refractivity contribution in [1.82, 2.24) is 9.97 Å². The van der Waals surface area contributed by atoms with Gasteiger partial charge >= 0.3 is 5.69 Å². The first-order valence-corrected chi connectivity index (χ1v) is 8.85. The van der Waals surface area contributed by atoms with E-state index in [0.29, 0.717) is 0 Å². The number of hydrogen-bond donors (Lipinski definition) is 2. The molecule has 2 N–H and O–H groups in total. The maximum atomic E-state index is 15.2. The van der Waals surface area contributed by atoms with Crippen LogP contribution in [0.4, 0.5) is 29.1 Å². The number of benzene rings is 2. The molecule has 1 heterocycles. The molecule has 0 saturated carbocycles. The van der Waals surface area contributed by atoms with Gasteiger partial charge < -0.3 is 15.0 Å². The zero-order valence-corrected chi connectivity index (χ0v) is 16.0. The van der Waals surface area contributed by atoms with Crippen molar-refractivity contribution in [2.45, 2.75) is 25.9 Å². The predicted octanol–water partition coefficient (Wildman–Crippen LogP) is 3.73. The van der Waals surface area contributed by atoms with Gasteiger partial charge in [0.15, 0.2) is 11.6 Å². The molecule has 0 saturated heterocycles. The third kappa shape index (κ3) is 4.60. The molecule has 2 aromatic carbocycles. The van der Waals surface area contributed by atoms with Crippen molar-refractivity contribution in [3.05, 3.63) is 64.1 Å². The third-order valence-corrected chi connectivity index (χ3v) is 4.03. The molecule has 0 spiro atoms. The molecule has 0 bridgehead atoms. The molecule has 0 radical (unpaired) electrons. The van der Waals surface area contributed by atoms with E-state index >= 15 is 4.39 Å². The summed E-state index contributed by atoms with van der Waals surface area (Å²) in [6, 6.07) is 7.67. The summed E-state index contributed by atoms with van der Waals surface area (Å²) < 4.78 is 56.4. The van der Waals surface area contributed by atoms with Gasteiger partial charge in [0.1, 0.15) is 11.4 Å². The molecule has 5 nitrogen and oxygen atoms in total. The van der Waals surface area contributed by atoms with Gasteiger partial charge in [-0.3, -0.25) is 0 Å². The number of aromatic nitrogens is 2. The Balaban J connectivity index is 2.27. The van der Waals surface area contributed by atoms with Crippen LogP contribution in [0, 0.1) is 23.5 Å². The lowest BCUT2D eigenvalue weighted by Crippen LogP contribution is -2.28. The summed E-state index contributed by atoms with van der Waals surface area (Å²) in [5.41, 5.74) is -2.80. The Hall–Kier alpha value is -3.38. The largest absolute Gasteiger partial charge is 0.378 e. The minimum Gasteiger partial charge on any atom is -0.378 e. The van der Waals surface area contributed by atoms with Crippen molar-refractivity contribution in [2.24, 2.45) is 0 Å². The number of alkyl halides is 2. The average molecular weight is 419 g/mol. The van der Waals surface area contributed by atoms with Crippen molar-refractivity contribution >= 4 is 22.4 Å². The van der Waals surface area contributed by atoms with E-state index in [9.17, 15) is 23.1 Å². The van der Waals surface area contributed by atoms with Crippen LogP contribution in [0.25, 0.3) is 10.9 Å². The fraction of sp³-hybridized carbons (Fsp3) is 0.238. The molecule has 0 unspecified atom stereocenters. The number of nitrogens with one attached hydrogen (secondary N) is 1. The van der Waals surface area contributed by atoms with Crippen LogP contribution < -0.4 is 10.6 Å². The van der Waals surface area contributed by atoms with Gasteiger partial charge in [-0.25, -0.2) is 22.4 Å². The van der Waals surface area contributed by atoms with Gasteiger partial charge in [0, 0.05) is 0 Å².